The number of rotatable bonds is 8. The van der Waals surface area contributed by atoms with Crippen molar-refractivity contribution in [2.24, 2.45) is 5.92 Å². The van der Waals surface area contributed by atoms with E-state index in [1.165, 1.54) is 38.5 Å². The van der Waals surface area contributed by atoms with E-state index < -0.39 is 0 Å². The highest BCUT2D eigenvalue weighted by atomic mass is 16.2. The molecule has 1 saturated heterocycles. The maximum Gasteiger partial charge on any atom is 0.244 e. The molecular weight excluding hydrogens is 260 g/mol. The summed E-state index contributed by atoms with van der Waals surface area (Å²) in [6.45, 7) is 7.73. The van der Waals surface area contributed by atoms with Crippen LogP contribution in [0, 0.1) is 5.92 Å². The zero-order valence-corrected chi connectivity index (χ0v) is 14.3. The van der Waals surface area contributed by atoms with Crippen LogP contribution >= 0.6 is 0 Å². The van der Waals surface area contributed by atoms with Crippen LogP contribution in [0.3, 0.4) is 0 Å². The molecule has 1 saturated carbocycles. The summed E-state index contributed by atoms with van der Waals surface area (Å²) in [5.74, 6) is 1.22. The molecule has 3 heteroatoms. The molecule has 1 unspecified atom stereocenters. The fraction of sp³-hybridized carbons (Fsp3) is 0.944. The van der Waals surface area contributed by atoms with Gasteiger partial charge in [0.15, 0.2) is 0 Å². The molecule has 0 aromatic heterocycles. The highest BCUT2D eigenvalue weighted by Gasteiger charge is 2.51. The second-order valence-corrected chi connectivity index (χ2v) is 7.45. The van der Waals surface area contributed by atoms with Gasteiger partial charge in [-0.2, -0.15) is 0 Å². The van der Waals surface area contributed by atoms with Crippen LogP contribution in [0.2, 0.25) is 0 Å². The molecule has 2 aliphatic rings. The monoisotopic (exact) mass is 294 g/mol. The van der Waals surface area contributed by atoms with Gasteiger partial charge in [0.1, 0.15) is 0 Å². The van der Waals surface area contributed by atoms with Gasteiger partial charge in [0, 0.05) is 6.54 Å². The van der Waals surface area contributed by atoms with E-state index in [0.717, 1.165) is 38.1 Å². The summed E-state index contributed by atoms with van der Waals surface area (Å²) >= 11 is 0. The summed E-state index contributed by atoms with van der Waals surface area (Å²) in [7, 11) is 0. The maximum absolute atomic E-state index is 12.8. The van der Waals surface area contributed by atoms with E-state index in [-0.39, 0.29) is 11.7 Å². The predicted octanol–water partition coefficient (Wildman–Crippen LogP) is 4.07. The molecule has 1 spiro atoms. The normalized spacial score (nSPS) is 24.7. The number of unbranched alkanes of at least 4 members (excludes halogenated alkanes) is 3. The van der Waals surface area contributed by atoms with Crippen molar-refractivity contribution in [3.8, 4) is 0 Å². The second kappa shape index (κ2) is 7.62. The summed E-state index contributed by atoms with van der Waals surface area (Å²) < 4.78 is 0. The van der Waals surface area contributed by atoms with E-state index in [2.05, 4.69) is 31.0 Å². The van der Waals surface area contributed by atoms with Gasteiger partial charge >= 0.3 is 0 Å². The van der Waals surface area contributed by atoms with E-state index in [0.29, 0.717) is 5.91 Å². The van der Waals surface area contributed by atoms with Crippen LogP contribution in [0.4, 0.5) is 0 Å². The molecule has 0 aromatic carbocycles. The third-order valence-electron chi connectivity index (χ3n) is 5.26. The molecule has 122 valence electrons. The van der Waals surface area contributed by atoms with E-state index in [4.69, 9.17) is 0 Å². The zero-order chi connectivity index (χ0) is 15.3. The molecule has 0 bridgehead atoms. The SMILES string of the molecule is CCC1NC2(CCCC2)C(=O)N1CCCCCCC(C)C. The zero-order valence-electron chi connectivity index (χ0n) is 14.3. The van der Waals surface area contributed by atoms with Gasteiger partial charge in [-0.1, -0.05) is 59.3 Å². The molecule has 1 aliphatic heterocycles. The number of carbonyl (C=O) groups excluding carboxylic acids is 1. The van der Waals surface area contributed by atoms with Crippen LogP contribution in [0.1, 0.15) is 85.0 Å². The fourth-order valence-electron chi connectivity index (χ4n) is 3.98. The lowest BCUT2D eigenvalue weighted by molar-refractivity contribution is -0.133. The molecule has 1 heterocycles. The lowest BCUT2D eigenvalue weighted by Crippen LogP contribution is -2.44. The third-order valence-corrected chi connectivity index (χ3v) is 5.26. The van der Waals surface area contributed by atoms with Crippen LogP contribution in [-0.4, -0.2) is 29.1 Å². The average Bonchev–Trinajstić information content (AvgIpc) is 3.02. The highest BCUT2D eigenvalue weighted by Crippen LogP contribution is 2.37. The molecule has 2 fully saturated rings. The Bertz CT molecular complexity index is 334. The Morgan fingerprint density at radius 2 is 1.86 bits per heavy atom. The first-order valence-corrected chi connectivity index (χ1v) is 9.18. The number of nitrogens with zero attached hydrogens (tertiary/aromatic N) is 1. The fourth-order valence-corrected chi connectivity index (χ4v) is 3.98. The third kappa shape index (κ3) is 4.00. The van der Waals surface area contributed by atoms with Gasteiger partial charge < -0.3 is 4.90 Å². The molecule has 1 amide bonds. The largest absolute Gasteiger partial charge is 0.326 e. The van der Waals surface area contributed by atoms with Gasteiger partial charge in [0.25, 0.3) is 0 Å². The molecule has 2 rings (SSSR count). The first kappa shape index (κ1) is 16.8. The quantitative estimate of drug-likeness (QED) is 0.684. The van der Waals surface area contributed by atoms with Gasteiger partial charge in [-0.15, -0.1) is 0 Å². The Labute approximate surface area is 130 Å². The van der Waals surface area contributed by atoms with E-state index in [1.807, 2.05) is 0 Å². The summed E-state index contributed by atoms with van der Waals surface area (Å²) in [6, 6.07) is 0. The van der Waals surface area contributed by atoms with Crippen molar-refractivity contribution in [3.05, 3.63) is 0 Å². The van der Waals surface area contributed by atoms with Crippen molar-refractivity contribution in [3.63, 3.8) is 0 Å². The smallest absolute Gasteiger partial charge is 0.244 e. The molecule has 0 aromatic rings. The molecule has 3 nitrogen and oxygen atoms in total. The minimum atomic E-state index is -0.182. The van der Waals surface area contributed by atoms with Crippen LogP contribution in [0.15, 0.2) is 0 Å². The van der Waals surface area contributed by atoms with Crippen molar-refractivity contribution < 1.29 is 4.79 Å². The molecular formula is C18H34N2O. The topological polar surface area (TPSA) is 32.3 Å². The Morgan fingerprint density at radius 3 is 2.48 bits per heavy atom. The summed E-state index contributed by atoms with van der Waals surface area (Å²) in [5, 5.41) is 3.66. The molecule has 0 radical (unpaired) electrons. The average molecular weight is 294 g/mol. The Balaban J connectivity index is 1.75. The Kier molecular flexibility index (Phi) is 6.09. The number of nitrogens with one attached hydrogen (secondary N) is 1. The van der Waals surface area contributed by atoms with Crippen LogP contribution < -0.4 is 5.32 Å². The first-order valence-electron chi connectivity index (χ1n) is 9.18. The van der Waals surface area contributed by atoms with Crippen molar-refractivity contribution in [1.29, 1.82) is 0 Å². The number of hydrogen-bond donors (Lipinski definition) is 1. The standard InChI is InChI=1S/C18H34N2O/c1-4-16-19-18(12-8-9-13-18)17(21)20(16)14-10-6-5-7-11-15(2)3/h15-16,19H,4-14H2,1-3H3. The number of carbonyl (C=O) groups is 1. The summed E-state index contributed by atoms with van der Waals surface area (Å²) in [6.07, 6.45) is 12.2. The number of amides is 1. The molecule has 1 N–H and O–H groups in total. The van der Waals surface area contributed by atoms with Gasteiger partial charge in [0.05, 0.1) is 11.7 Å². The van der Waals surface area contributed by atoms with Crippen LogP contribution in [-0.2, 0) is 4.79 Å². The van der Waals surface area contributed by atoms with Crippen molar-refractivity contribution in [2.75, 3.05) is 6.54 Å². The van der Waals surface area contributed by atoms with Crippen LogP contribution in [0.5, 0.6) is 0 Å². The van der Waals surface area contributed by atoms with E-state index in [9.17, 15) is 4.79 Å². The lowest BCUT2D eigenvalue weighted by atomic mass is 9.98. The minimum absolute atomic E-state index is 0.182. The summed E-state index contributed by atoms with van der Waals surface area (Å²) in [5.41, 5.74) is -0.182. The molecule has 21 heavy (non-hydrogen) atoms. The second-order valence-electron chi connectivity index (χ2n) is 7.45. The minimum Gasteiger partial charge on any atom is -0.326 e. The maximum atomic E-state index is 12.8. The van der Waals surface area contributed by atoms with Crippen molar-refractivity contribution >= 4 is 5.91 Å². The Morgan fingerprint density at radius 1 is 1.19 bits per heavy atom. The van der Waals surface area contributed by atoms with Gasteiger partial charge in [-0.05, 0) is 31.6 Å². The lowest BCUT2D eigenvalue weighted by Gasteiger charge is -2.23. The van der Waals surface area contributed by atoms with E-state index >= 15 is 0 Å². The van der Waals surface area contributed by atoms with Crippen molar-refractivity contribution in [1.82, 2.24) is 10.2 Å². The Hall–Kier alpha value is -0.570. The molecule has 1 aliphatic carbocycles. The highest BCUT2D eigenvalue weighted by molar-refractivity contribution is 5.89. The van der Waals surface area contributed by atoms with Crippen LogP contribution in [0.25, 0.3) is 0 Å². The first-order chi connectivity index (χ1) is 10.1. The van der Waals surface area contributed by atoms with Crippen molar-refractivity contribution in [2.45, 2.75) is 96.7 Å². The predicted molar refractivity (Wildman–Crippen MR) is 88.0 cm³/mol. The summed E-state index contributed by atoms with van der Waals surface area (Å²) in [4.78, 5) is 14.9. The van der Waals surface area contributed by atoms with E-state index in [1.54, 1.807) is 0 Å². The number of hydrogen-bond acceptors (Lipinski definition) is 2. The van der Waals surface area contributed by atoms with Gasteiger partial charge in [-0.25, -0.2) is 0 Å². The van der Waals surface area contributed by atoms with Gasteiger partial charge in [0.2, 0.25) is 5.91 Å². The van der Waals surface area contributed by atoms with Gasteiger partial charge in [-0.3, -0.25) is 10.1 Å². The molecule has 1 atom stereocenters.